The topological polar surface area (TPSA) is 98.7 Å². The molecule has 1 aromatic rings. The van der Waals surface area contributed by atoms with Crippen molar-refractivity contribution in [2.24, 2.45) is 17.8 Å². The highest BCUT2D eigenvalue weighted by molar-refractivity contribution is 8.02. The fourth-order valence-electron chi connectivity index (χ4n) is 6.16. The fraction of sp³-hybridized carbons (Fsp3) is 0.640. The third kappa shape index (κ3) is 3.82. The minimum Gasteiger partial charge on any atom is -0.394 e. The molecule has 7 nitrogen and oxygen atoms in total. The van der Waals surface area contributed by atoms with Crippen molar-refractivity contribution in [3.63, 3.8) is 0 Å². The van der Waals surface area contributed by atoms with E-state index in [-0.39, 0.29) is 30.2 Å². The van der Waals surface area contributed by atoms with Crippen LogP contribution in [0.4, 0.5) is 5.69 Å². The Morgan fingerprint density at radius 1 is 1.26 bits per heavy atom. The van der Waals surface area contributed by atoms with Gasteiger partial charge in [-0.2, -0.15) is 0 Å². The molecule has 9 heteroatoms. The molecule has 3 amide bonds. The molecule has 3 saturated heterocycles. The Balaban J connectivity index is 1.78. The summed E-state index contributed by atoms with van der Waals surface area (Å²) in [4.78, 5) is 42.8. The SMILES string of the molecule is CCCNC(=O)[C@@H]1[C@H]2C(=O)N([C@@H](CO)C(C)C)C(C(=O)Nc3ccccc3Cl)C23CC[C@@]1(C)S3. The van der Waals surface area contributed by atoms with Crippen LogP contribution in [0.1, 0.15) is 47.0 Å². The summed E-state index contributed by atoms with van der Waals surface area (Å²) in [5, 5.41) is 16.6. The summed E-state index contributed by atoms with van der Waals surface area (Å²) in [5.41, 5.74) is 0.479. The maximum atomic E-state index is 14.1. The van der Waals surface area contributed by atoms with Gasteiger partial charge in [0.2, 0.25) is 17.7 Å². The molecule has 0 radical (unpaired) electrons. The van der Waals surface area contributed by atoms with E-state index in [2.05, 4.69) is 10.6 Å². The molecule has 0 saturated carbocycles. The van der Waals surface area contributed by atoms with E-state index in [1.807, 2.05) is 27.7 Å². The molecular formula is C25H34ClN3O4S. The summed E-state index contributed by atoms with van der Waals surface area (Å²) in [6.45, 7) is 8.20. The minimum atomic E-state index is -0.809. The number of amides is 3. The summed E-state index contributed by atoms with van der Waals surface area (Å²) in [7, 11) is 0. The number of carbonyl (C=O) groups excluding carboxylic acids is 3. The summed E-state index contributed by atoms with van der Waals surface area (Å²) < 4.78 is -1.15. The number of likely N-dealkylation sites (tertiary alicyclic amines) is 1. The number of benzene rings is 1. The Kier molecular flexibility index (Phi) is 6.97. The lowest BCUT2D eigenvalue weighted by atomic mass is 9.66. The van der Waals surface area contributed by atoms with Gasteiger partial charge in [0.25, 0.3) is 0 Å². The third-order valence-electron chi connectivity index (χ3n) is 7.74. The number of aliphatic hydroxyl groups is 1. The molecule has 3 aliphatic rings. The number of thioether (sulfide) groups is 1. The van der Waals surface area contributed by atoms with Gasteiger partial charge in [-0.3, -0.25) is 14.4 Å². The van der Waals surface area contributed by atoms with Gasteiger partial charge in [0.1, 0.15) is 6.04 Å². The van der Waals surface area contributed by atoms with Gasteiger partial charge in [-0.1, -0.05) is 44.5 Å². The highest BCUT2D eigenvalue weighted by Crippen LogP contribution is 2.71. The standard InChI is InChI=1S/C25H34ClN3O4S/c1-5-12-27-21(31)18-19-23(33)29(17(13-30)14(2)3)20(25(19)11-10-24(18,4)34-25)22(32)28-16-9-7-6-8-15(16)26/h6-9,14,17-20,30H,5,10-13H2,1-4H3,(H,27,31)(H,28,32)/t17-,18-,19-,20?,24+,25?/m0/s1. The maximum absolute atomic E-state index is 14.1. The summed E-state index contributed by atoms with van der Waals surface area (Å²) in [5.74, 6) is -1.84. The molecule has 3 N–H and O–H groups in total. The number of hydrogen-bond donors (Lipinski definition) is 3. The first-order valence-corrected chi connectivity index (χ1v) is 13.3. The predicted molar refractivity (Wildman–Crippen MR) is 135 cm³/mol. The molecule has 1 aromatic carbocycles. The Bertz CT molecular complexity index is 991. The molecule has 2 bridgehead atoms. The second-order valence-electron chi connectivity index (χ2n) is 10.2. The zero-order valence-corrected chi connectivity index (χ0v) is 21.7. The monoisotopic (exact) mass is 507 g/mol. The molecule has 6 atom stereocenters. The lowest BCUT2D eigenvalue weighted by Gasteiger charge is -2.38. The van der Waals surface area contributed by atoms with Crippen LogP contribution in [-0.4, -0.2) is 62.5 Å². The summed E-state index contributed by atoms with van der Waals surface area (Å²) >= 11 is 7.93. The lowest BCUT2D eigenvalue weighted by molar-refractivity contribution is -0.143. The number of carbonyl (C=O) groups is 3. The number of halogens is 1. The van der Waals surface area contributed by atoms with E-state index in [0.29, 0.717) is 23.7 Å². The van der Waals surface area contributed by atoms with Crippen LogP contribution in [0.5, 0.6) is 0 Å². The molecule has 186 valence electrons. The van der Waals surface area contributed by atoms with E-state index in [9.17, 15) is 19.5 Å². The Labute approximate surface area is 210 Å². The van der Waals surface area contributed by atoms with Crippen LogP contribution in [0.25, 0.3) is 0 Å². The van der Waals surface area contributed by atoms with E-state index in [1.165, 1.54) is 0 Å². The van der Waals surface area contributed by atoms with E-state index < -0.39 is 33.4 Å². The first-order valence-electron chi connectivity index (χ1n) is 12.1. The van der Waals surface area contributed by atoms with Crippen LogP contribution >= 0.6 is 23.4 Å². The molecule has 1 spiro atoms. The molecule has 2 unspecified atom stereocenters. The molecule has 3 fully saturated rings. The van der Waals surface area contributed by atoms with Gasteiger partial charge in [0.05, 0.1) is 39.9 Å². The Hall–Kier alpha value is -1.77. The second kappa shape index (κ2) is 9.36. The van der Waals surface area contributed by atoms with Gasteiger partial charge >= 0.3 is 0 Å². The highest BCUT2D eigenvalue weighted by Gasteiger charge is 2.77. The molecule has 0 aromatic heterocycles. The van der Waals surface area contributed by atoms with E-state index in [0.717, 1.165) is 12.8 Å². The van der Waals surface area contributed by atoms with E-state index in [4.69, 9.17) is 11.6 Å². The molecule has 0 aliphatic carbocycles. The zero-order valence-electron chi connectivity index (χ0n) is 20.1. The number of para-hydroxylation sites is 1. The fourth-order valence-corrected chi connectivity index (χ4v) is 8.69. The van der Waals surface area contributed by atoms with Gasteiger partial charge in [0, 0.05) is 11.3 Å². The predicted octanol–water partition coefficient (Wildman–Crippen LogP) is 3.30. The van der Waals surface area contributed by atoms with Crippen LogP contribution in [0.2, 0.25) is 5.02 Å². The van der Waals surface area contributed by atoms with Crippen LogP contribution in [0.15, 0.2) is 24.3 Å². The van der Waals surface area contributed by atoms with Crippen LogP contribution in [0.3, 0.4) is 0 Å². The smallest absolute Gasteiger partial charge is 0.248 e. The maximum Gasteiger partial charge on any atom is 0.248 e. The van der Waals surface area contributed by atoms with Gasteiger partial charge < -0.3 is 20.6 Å². The molecule has 34 heavy (non-hydrogen) atoms. The zero-order chi connectivity index (χ0) is 24.8. The molecular weight excluding hydrogens is 474 g/mol. The third-order valence-corrected chi connectivity index (χ3v) is 10.1. The largest absolute Gasteiger partial charge is 0.394 e. The Morgan fingerprint density at radius 3 is 2.59 bits per heavy atom. The van der Waals surface area contributed by atoms with Crippen LogP contribution in [0, 0.1) is 17.8 Å². The van der Waals surface area contributed by atoms with Crippen molar-refractivity contribution in [3.05, 3.63) is 29.3 Å². The van der Waals surface area contributed by atoms with E-state index in [1.54, 1.807) is 40.9 Å². The van der Waals surface area contributed by atoms with Crippen molar-refractivity contribution >= 4 is 46.8 Å². The van der Waals surface area contributed by atoms with Crippen molar-refractivity contribution in [2.45, 2.75) is 68.5 Å². The number of hydrogen-bond acceptors (Lipinski definition) is 5. The van der Waals surface area contributed by atoms with Crippen molar-refractivity contribution < 1.29 is 19.5 Å². The van der Waals surface area contributed by atoms with Crippen molar-refractivity contribution in [2.75, 3.05) is 18.5 Å². The van der Waals surface area contributed by atoms with E-state index >= 15 is 0 Å². The number of rotatable bonds is 8. The van der Waals surface area contributed by atoms with Gasteiger partial charge in [0.15, 0.2) is 0 Å². The number of fused-ring (bicyclic) bond motifs is 1. The summed E-state index contributed by atoms with van der Waals surface area (Å²) in [6.07, 6.45) is 2.22. The van der Waals surface area contributed by atoms with Gasteiger partial charge in [-0.15, -0.1) is 11.8 Å². The minimum absolute atomic E-state index is 0.0649. The van der Waals surface area contributed by atoms with Gasteiger partial charge in [-0.05, 0) is 44.2 Å². The van der Waals surface area contributed by atoms with Crippen molar-refractivity contribution in [1.29, 1.82) is 0 Å². The molecule has 3 aliphatic heterocycles. The number of nitrogens with zero attached hydrogens (tertiary/aromatic N) is 1. The number of anilines is 1. The van der Waals surface area contributed by atoms with Crippen molar-refractivity contribution in [3.8, 4) is 0 Å². The highest BCUT2D eigenvalue weighted by atomic mass is 35.5. The Morgan fingerprint density at radius 2 is 1.97 bits per heavy atom. The summed E-state index contributed by atoms with van der Waals surface area (Å²) in [6, 6.07) is 5.66. The first-order chi connectivity index (χ1) is 16.1. The number of nitrogens with one attached hydrogen (secondary N) is 2. The van der Waals surface area contributed by atoms with Crippen LogP contribution in [-0.2, 0) is 14.4 Å². The average molecular weight is 508 g/mol. The van der Waals surface area contributed by atoms with Crippen LogP contribution < -0.4 is 10.6 Å². The van der Waals surface area contributed by atoms with Crippen molar-refractivity contribution in [1.82, 2.24) is 10.2 Å². The second-order valence-corrected chi connectivity index (χ2v) is 12.5. The first kappa shape index (κ1) is 25.3. The average Bonchev–Trinajstić information content (AvgIpc) is 3.35. The van der Waals surface area contributed by atoms with Gasteiger partial charge in [-0.25, -0.2) is 0 Å². The normalized spacial score (nSPS) is 32.7. The molecule has 4 rings (SSSR count). The quantitative estimate of drug-likeness (QED) is 0.501. The lowest BCUT2D eigenvalue weighted by Crippen LogP contribution is -2.56. The molecule has 3 heterocycles. The number of aliphatic hydroxyl groups excluding tert-OH is 1.